The van der Waals surface area contributed by atoms with Gasteiger partial charge in [0.2, 0.25) is 0 Å². The summed E-state index contributed by atoms with van der Waals surface area (Å²) in [7, 11) is 0. The molecule has 0 fully saturated rings. The third-order valence-electron chi connectivity index (χ3n) is 6.05. The second-order valence-corrected chi connectivity index (χ2v) is 10.5. The summed E-state index contributed by atoms with van der Waals surface area (Å²) in [5.41, 5.74) is 12.1. The van der Waals surface area contributed by atoms with Crippen molar-refractivity contribution in [2.24, 2.45) is 0 Å². The SMILES string of the molecule is Cc1cccc(NC(=O)Nc2ccc(-c3csc4c(-c5cc6ccccc6s5)cnc(N)c34)cc2)c1. The molecular weight excluding hydrogens is 484 g/mol. The summed E-state index contributed by atoms with van der Waals surface area (Å²) in [5.74, 6) is 0.519. The Morgan fingerprint density at radius 2 is 1.69 bits per heavy atom. The maximum atomic E-state index is 12.4. The van der Waals surface area contributed by atoms with Crippen LogP contribution in [0.15, 0.2) is 90.4 Å². The number of urea groups is 1. The smallest absolute Gasteiger partial charge is 0.323 e. The molecule has 0 aliphatic carbocycles. The van der Waals surface area contributed by atoms with Crippen LogP contribution < -0.4 is 16.4 Å². The fourth-order valence-electron chi connectivity index (χ4n) is 4.32. The van der Waals surface area contributed by atoms with Crippen LogP contribution in [0.5, 0.6) is 0 Å². The highest BCUT2D eigenvalue weighted by atomic mass is 32.1. The number of nitrogen functional groups attached to an aromatic ring is 1. The molecule has 3 aromatic carbocycles. The standard InChI is InChI=1S/C29H22N4OS2/c1-17-5-4-7-21(13-17)33-29(34)32-20-11-9-18(10-12-20)23-16-35-27-22(15-31-28(30)26(23)27)25-14-19-6-2-3-8-24(19)36-25/h2-16H,1H3,(H2,30,31)(H2,32,33,34). The summed E-state index contributed by atoms with van der Waals surface area (Å²) in [4.78, 5) is 18.1. The van der Waals surface area contributed by atoms with Crippen molar-refractivity contribution in [1.29, 1.82) is 0 Å². The van der Waals surface area contributed by atoms with Gasteiger partial charge in [0.05, 0.1) is 0 Å². The number of amides is 2. The average Bonchev–Trinajstić information content (AvgIpc) is 3.50. The van der Waals surface area contributed by atoms with E-state index in [2.05, 4.69) is 51.3 Å². The first-order chi connectivity index (χ1) is 17.5. The van der Waals surface area contributed by atoms with E-state index in [-0.39, 0.29) is 6.03 Å². The number of nitrogens with one attached hydrogen (secondary N) is 2. The van der Waals surface area contributed by atoms with Crippen molar-refractivity contribution in [3.05, 3.63) is 96.0 Å². The number of anilines is 3. The van der Waals surface area contributed by atoms with Crippen LogP contribution in [0.2, 0.25) is 0 Å². The summed E-state index contributed by atoms with van der Waals surface area (Å²) in [6.45, 7) is 1.99. The number of aryl methyl sites for hydroxylation is 1. The molecule has 3 aromatic heterocycles. The summed E-state index contributed by atoms with van der Waals surface area (Å²) in [6.07, 6.45) is 1.88. The molecule has 7 heteroatoms. The van der Waals surface area contributed by atoms with Gasteiger partial charge in [0.1, 0.15) is 5.82 Å². The van der Waals surface area contributed by atoms with Gasteiger partial charge in [-0.3, -0.25) is 0 Å². The first kappa shape index (κ1) is 22.3. The molecule has 2 amide bonds. The fourth-order valence-corrected chi connectivity index (χ4v) is 6.57. The summed E-state index contributed by atoms with van der Waals surface area (Å²) >= 11 is 3.44. The molecule has 0 bridgehead atoms. The third-order valence-corrected chi connectivity index (χ3v) is 8.21. The normalized spacial score (nSPS) is 11.1. The van der Waals surface area contributed by atoms with Gasteiger partial charge >= 0.3 is 6.03 Å². The van der Waals surface area contributed by atoms with E-state index in [1.54, 1.807) is 22.7 Å². The molecule has 0 aliphatic heterocycles. The van der Waals surface area contributed by atoms with Crippen molar-refractivity contribution in [3.63, 3.8) is 0 Å². The van der Waals surface area contributed by atoms with Gasteiger partial charge in [0, 0.05) is 48.4 Å². The number of nitrogens with zero attached hydrogens (tertiary/aromatic N) is 1. The van der Waals surface area contributed by atoms with Gasteiger partial charge in [0.15, 0.2) is 0 Å². The highest BCUT2D eigenvalue weighted by Crippen LogP contribution is 2.44. The lowest BCUT2D eigenvalue weighted by Crippen LogP contribution is -2.19. The highest BCUT2D eigenvalue weighted by molar-refractivity contribution is 7.23. The topological polar surface area (TPSA) is 80.0 Å². The molecule has 6 aromatic rings. The van der Waals surface area contributed by atoms with Gasteiger partial charge in [-0.25, -0.2) is 9.78 Å². The Hall–Kier alpha value is -4.20. The van der Waals surface area contributed by atoms with Crippen LogP contribution in [0.25, 0.3) is 41.7 Å². The molecule has 0 unspecified atom stereocenters. The molecule has 0 saturated heterocycles. The lowest BCUT2D eigenvalue weighted by molar-refractivity contribution is 0.262. The summed E-state index contributed by atoms with van der Waals surface area (Å²) in [5, 5.41) is 10.1. The minimum atomic E-state index is -0.282. The maximum Gasteiger partial charge on any atom is 0.323 e. The van der Waals surface area contributed by atoms with Crippen LogP contribution in [0.1, 0.15) is 5.56 Å². The van der Waals surface area contributed by atoms with E-state index in [0.29, 0.717) is 11.5 Å². The molecule has 0 aliphatic rings. The van der Waals surface area contributed by atoms with Gasteiger partial charge in [-0.1, -0.05) is 42.5 Å². The molecule has 176 valence electrons. The monoisotopic (exact) mass is 506 g/mol. The van der Waals surface area contributed by atoms with Gasteiger partial charge in [-0.05, 0) is 65.2 Å². The van der Waals surface area contributed by atoms with E-state index in [9.17, 15) is 4.79 Å². The number of pyridine rings is 1. The molecule has 0 saturated carbocycles. The van der Waals surface area contributed by atoms with Crippen LogP contribution in [0, 0.1) is 6.92 Å². The Kier molecular flexibility index (Phi) is 5.64. The average molecular weight is 507 g/mol. The first-order valence-electron chi connectivity index (χ1n) is 11.4. The quantitative estimate of drug-likeness (QED) is 0.225. The van der Waals surface area contributed by atoms with Crippen LogP contribution >= 0.6 is 22.7 Å². The fraction of sp³-hybridized carbons (Fsp3) is 0.0345. The number of rotatable bonds is 4. The Balaban J connectivity index is 1.28. The van der Waals surface area contributed by atoms with Crippen molar-refractivity contribution >= 4 is 66.1 Å². The number of fused-ring (bicyclic) bond motifs is 2. The van der Waals surface area contributed by atoms with E-state index in [1.807, 2.05) is 61.7 Å². The zero-order valence-electron chi connectivity index (χ0n) is 19.4. The van der Waals surface area contributed by atoms with E-state index >= 15 is 0 Å². The Labute approximate surface area is 216 Å². The molecule has 0 atom stereocenters. The number of carbonyl (C=O) groups is 1. The second-order valence-electron chi connectivity index (χ2n) is 8.59. The third kappa shape index (κ3) is 4.19. The lowest BCUT2D eigenvalue weighted by atomic mass is 10.0. The predicted molar refractivity (Wildman–Crippen MR) is 154 cm³/mol. The van der Waals surface area contributed by atoms with Gasteiger partial charge < -0.3 is 16.4 Å². The Morgan fingerprint density at radius 3 is 2.50 bits per heavy atom. The Bertz CT molecular complexity index is 1700. The van der Waals surface area contributed by atoms with Crippen molar-refractivity contribution in [2.75, 3.05) is 16.4 Å². The number of thiophene rings is 2. The van der Waals surface area contributed by atoms with Crippen LogP contribution in [-0.2, 0) is 0 Å². The molecular formula is C29H22N4OS2. The van der Waals surface area contributed by atoms with Crippen molar-refractivity contribution in [2.45, 2.75) is 6.92 Å². The molecule has 5 nitrogen and oxygen atoms in total. The number of hydrogen-bond donors (Lipinski definition) is 3. The number of aromatic nitrogens is 1. The number of benzene rings is 3. The zero-order valence-corrected chi connectivity index (χ0v) is 21.0. The predicted octanol–water partition coefficient (Wildman–Crippen LogP) is 8.38. The summed E-state index contributed by atoms with van der Waals surface area (Å²) in [6, 6.07) is 25.8. The number of hydrogen-bond acceptors (Lipinski definition) is 5. The van der Waals surface area contributed by atoms with E-state index in [0.717, 1.165) is 38.0 Å². The highest BCUT2D eigenvalue weighted by Gasteiger charge is 2.16. The molecule has 3 heterocycles. The second kappa shape index (κ2) is 9.11. The van der Waals surface area contributed by atoms with Crippen molar-refractivity contribution in [3.8, 4) is 21.6 Å². The minimum absolute atomic E-state index is 0.282. The van der Waals surface area contributed by atoms with Gasteiger partial charge in [-0.15, -0.1) is 22.7 Å². The molecule has 36 heavy (non-hydrogen) atoms. The van der Waals surface area contributed by atoms with Crippen LogP contribution in [0.4, 0.5) is 22.0 Å². The van der Waals surface area contributed by atoms with E-state index in [1.165, 1.54) is 15.0 Å². The van der Waals surface area contributed by atoms with E-state index < -0.39 is 0 Å². The lowest BCUT2D eigenvalue weighted by Gasteiger charge is -2.09. The van der Waals surface area contributed by atoms with Crippen molar-refractivity contribution < 1.29 is 4.79 Å². The molecule has 0 radical (unpaired) electrons. The minimum Gasteiger partial charge on any atom is -0.383 e. The molecule has 6 rings (SSSR count). The van der Waals surface area contributed by atoms with E-state index in [4.69, 9.17) is 5.73 Å². The van der Waals surface area contributed by atoms with Crippen LogP contribution in [0.3, 0.4) is 0 Å². The van der Waals surface area contributed by atoms with Gasteiger partial charge in [-0.2, -0.15) is 0 Å². The van der Waals surface area contributed by atoms with Crippen LogP contribution in [-0.4, -0.2) is 11.0 Å². The number of nitrogens with two attached hydrogens (primary N) is 1. The summed E-state index contributed by atoms with van der Waals surface area (Å²) < 4.78 is 2.38. The largest absolute Gasteiger partial charge is 0.383 e. The maximum absolute atomic E-state index is 12.4. The first-order valence-corrected chi connectivity index (χ1v) is 13.1. The van der Waals surface area contributed by atoms with Gasteiger partial charge in [0.25, 0.3) is 0 Å². The molecule has 4 N–H and O–H groups in total. The Morgan fingerprint density at radius 1 is 0.889 bits per heavy atom. The number of carbonyl (C=O) groups excluding carboxylic acids is 1. The van der Waals surface area contributed by atoms with Crippen molar-refractivity contribution in [1.82, 2.24) is 4.98 Å². The molecule has 0 spiro atoms. The zero-order chi connectivity index (χ0) is 24.6.